The number of hydrogen-bond donors (Lipinski definition) is 2. The summed E-state index contributed by atoms with van der Waals surface area (Å²) in [6.45, 7) is 3.45. The van der Waals surface area contributed by atoms with Gasteiger partial charge in [-0.1, -0.05) is 29.8 Å². The molecule has 0 atom stereocenters. The fraction of sp³-hybridized carbons (Fsp3) is 0.478. The first-order chi connectivity index (χ1) is 14.3. The lowest BCUT2D eigenvalue weighted by atomic mass is 9.97. The molecule has 6 nitrogen and oxygen atoms in total. The Kier molecular flexibility index (Phi) is 6.62. The summed E-state index contributed by atoms with van der Waals surface area (Å²) in [4.78, 5) is 12.8. The fourth-order valence-electron chi connectivity index (χ4n) is 4.11. The van der Waals surface area contributed by atoms with E-state index in [-0.39, 0.29) is 5.91 Å². The summed E-state index contributed by atoms with van der Waals surface area (Å²) in [5.74, 6) is 0.786. The van der Waals surface area contributed by atoms with Crippen molar-refractivity contribution in [3.8, 4) is 5.75 Å². The number of nitrogens with one attached hydrogen (secondary N) is 2. The molecule has 0 saturated carbocycles. The van der Waals surface area contributed by atoms with Crippen LogP contribution in [0.1, 0.15) is 53.8 Å². The van der Waals surface area contributed by atoms with E-state index in [0.29, 0.717) is 31.9 Å². The molecule has 1 aromatic heterocycles. The van der Waals surface area contributed by atoms with E-state index in [2.05, 4.69) is 21.8 Å². The van der Waals surface area contributed by atoms with Gasteiger partial charge in [-0.2, -0.15) is 5.10 Å². The monoisotopic (exact) mass is 394 g/mol. The summed E-state index contributed by atoms with van der Waals surface area (Å²) in [7, 11) is 0. The zero-order valence-electron chi connectivity index (χ0n) is 17.0. The van der Waals surface area contributed by atoms with Crippen LogP contribution < -0.4 is 15.4 Å². The molecule has 4 rings (SSSR count). The van der Waals surface area contributed by atoms with Gasteiger partial charge in [0.15, 0.2) is 5.69 Å². The second-order valence-corrected chi connectivity index (χ2v) is 7.70. The molecule has 1 amide bonds. The Labute approximate surface area is 172 Å². The van der Waals surface area contributed by atoms with Crippen LogP contribution in [0.2, 0.25) is 0 Å². The molecule has 6 heteroatoms. The number of benzene rings is 1. The number of aromatic nitrogens is 2. The van der Waals surface area contributed by atoms with E-state index in [4.69, 9.17) is 4.74 Å². The van der Waals surface area contributed by atoms with Gasteiger partial charge in [-0.3, -0.25) is 9.48 Å². The third-order valence-electron chi connectivity index (χ3n) is 5.65. The Bertz CT molecular complexity index is 857. The lowest BCUT2D eigenvalue weighted by molar-refractivity contribution is 0.0947. The summed E-state index contributed by atoms with van der Waals surface area (Å²) in [5.41, 5.74) is 4.22. The van der Waals surface area contributed by atoms with Crippen molar-refractivity contribution in [1.82, 2.24) is 20.4 Å². The number of rotatable bonds is 8. The molecule has 1 aromatic carbocycles. The zero-order chi connectivity index (χ0) is 19.9. The summed E-state index contributed by atoms with van der Waals surface area (Å²) in [6, 6.07) is 9.79. The van der Waals surface area contributed by atoms with E-state index in [9.17, 15) is 4.79 Å². The molecule has 0 fully saturated rings. The van der Waals surface area contributed by atoms with Crippen LogP contribution in [0.15, 0.2) is 42.0 Å². The van der Waals surface area contributed by atoms with Gasteiger partial charge in [0.2, 0.25) is 0 Å². The molecule has 0 saturated heterocycles. The van der Waals surface area contributed by atoms with E-state index in [0.717, 1.165) is 36.4 Å². The Morgan fingerprint density at radius 2 is 2.10 bits per heavy atom. The summed E-state index contributed by atoms with van der Waals surface area (Å²) in [6.07, 6.45) is 9.08. The van der Waals surface area contributed by atoms with Gasteiger partial charge in [0.1, 0.15) is 12.4 Å². The molecule has 0 bridgehead atoms. The van der Waals surface area contributed by atoms with Crippen molar-refractivity contribution < 1.29 is 9.53 Å². The van der Waals surface area contributed by atoms with Gasteiger partial charge in [0.25, 0.3) is 5.91 Å². The van der Waals surface area contributed by atoms with Crippen LogP contribution in [0.3, 0.4) is 0 Å². The molecule has 1 aliphatic carbocycles. The lowest BCUT2D eigenvalue weighted by Gasteiger charge is -2.16. The van der Waals surface area contributed by atoms with E-state index < -0.39 is 0 Å². The highest BCUT2D eigenvalue weighted by atomic mass is 16.5. The SMILES string of the molecule is O=C(NCCC1=CCCCC1)c1nn(CCOc2ccccc2)c2c1CNCC2. The maximum atomic E-state index is 12.8. The van der Waals surface area contributed by atoms with Crippen molar-refractivity contribution in [3.63, 3.8) is 0 Å². The quantitative estimate of drug-likeness (QED) is 0.675. The summed E-state index contributed by atoms with van der Waals surface area (Å²) < 4.78 is 7.78. The third kappa shape index (κ3) is 5.07. The standard InChI is InChI=1S/C23H30N4O2/c28-23(25-14-11-18-7-3-1-4-8-18)22-20-17-24-13-12-21(20)27(26-22)15-16-29-19-9-5-2-6-10-19/h2,5-7,9-10,24H,1,3-4,8,11-17H2,(H,25,28). The number of allylic oxidation sites excluding steroid dienone is 1. The molecule has 154 valence electrons. The molecular formula is C23H30N4O2. The minimum Gasteiger partial charge on any atom is -0.492 e. The molecule has 2 N–H and O–H groups in total. The highest BCUT2D eigenvalue weighted by molar-refractivity contribution is 5.94. The number of para-hydroxylation sites is 1. The zero-order valence-corrected chi connectivity index (χ0v) is 17.0. The number of nitrogens with zero attached hydrogens (tertiary/aromatic N) is 2. The molecule has 2 aromatic rings. The Balaban J connectivity index is 1.37. The van der Waals surface area contributed by atoms with Crippen LogP contribution in [-0.4, -0.2) is 35.4 Å². The van der Waals surface area contributed by atoms with Gasteiger partial charge in [-0.25, -0.2) is 0 Å². The third-order valence-corrected chi connectivity index (χ3v) is 5.65. The first kappa shape index (κ1) is 19.7. The largest absolute Gasteiger partial charge is 0.492 e. The Morgan fingerprint density at radius 3 is 2.93 bits per heavy atom. The molecule has 0 unspecified atom stereocenters. The molecule has 1 aliphatic heterocycles. The normalized spacial score (nSPS) is 16.1. The topological polar surface area (TPSA) is 68.2 Å². The van der Waals surface area contributed by atoms with Crippen LogP contribution in [-0.2, 0) is 19.5 Å². The van der Waals surface area contributed by atoms with Gasteiger partial charge < -0.3 is 15.4 Å². The van der Waals surface area contributed by atoms with Crippen molar-refractivity contribution in [2.24, 2.45) is 0 Å². The predicted octanol–water partition coefficient (Wildman–Crippen LogP) is 3.23. The number of hydrogen-bond acceptors (Lipinski definition) is 4. The summed E-state index contributed by atoms with van der Waals surface area (Å²) >= 11 is 0. The Hall–Kier alpha value is -2.60. The van der Waals surface area contributed by atoms with Gasteiger partial charge >= 0.3 is 0 Å². The molecule has 0 radical (unpaired) electrons. The van der Waals surface area contributed by atoms with Crippen LogP contribution in [0.5, 0.6) is 5.75 Å². The van der Waals surface area contributed by atoms with E-state index in [1.165, 1.54) is 31.3 Å². The number of ether oxygens (including phenoxy) is 1. The lowest BCUT2D eigenvalue weighted by Crippen LogP contribution is -2.29. The highest BCUT2D eigenvalue weighted by Gasteiger charge is 2.24. The van der Waals surface area contributed by atoms with E-state index in [1.807, 2.05) is 35.0 Å². The van der Waals surface area contributed by atoms with Gasteiger partial charge in [-0.05, 0) is 44.2 Å². The average Bonchev–Trinajstić information content (AvgIpc) is 3.14. The average molecular weight is 395 g/mol. The number of carbonyl (C=O) groups excluding carboxylic acids is 1. The maximum absolute atomic E-state index is 12.8. The van der Waals surface area contributed by atoms with Crippen LogP contribution >= 0.6 is 0 Å². The van der Waals surface area contributed by atoms with Gasteiger partial charge in [-0.15, -0.1) is 0 Å². The van der Waals surface area contributed by atoms with Crippen molar-refractivity contribution in [2.45, 2.75) is 51.6 Å². The van der Waals surface area contributed by atoms with Crippen LogP contribution in [0.4, 0.5) is 0 Å². The predicted molar refractivity (Wildman–Crippen MR) is 113 cm³/mol. The first-order valence-electron chi connectivity index (χ1n) is 10.7. The number of amides is 1. The molecule has 29 heavy (non-hydrogen) atoms. The summed E-state index contributed by atoms with van der Waals surface area (Å²) in [5, 5.41) is 11.1. The van der Waals surface area contributed by atoms with Crippen LogP contribution in [0, 0.1) is 0 Å². The second kappa shape index (κ2) is 9.74. The molecular weight excluding hydrogens is 364 g/mol. The van der Waals surface area contributed by atoms with E-state index in [1.54, 1.807) is 0 Å². The van der Waals surface area contributed by atoms with Crippen molar-refractivity contribution in [3.05, 3.63) is 58.9 Å². The van der Waals surface area contributed by atoms with Crippen molar-refractivity contribution >= 4 is 5.91 Å². The molecule has 2 heterocycles. The van der Waals surface area contributed by atoms with E-state index >= 15 is 0 Å². The number of fused-ring (bicyclic) bond motifs is 1. The first-order valence-corrected chi connectivity index (χ1v) is 10.7. The molecule has 0 spiro atoms. The Morgan fingerprint density at radius 1 is 1.21 bits per heavy atom. The van der Waals surface area contributed by atoms with Crippen molar-refractivity contribution in [2.75, 3.05) is 19.7 Å². The van der Waals surface area contributed by atoms with Crippen LogP contribution in [0.25, 0.3) is 0 Å². The van der Waals surface area contributed by atoms with Gasteiger partial charge in [0, 0.05) is 37.3 Å². The maximum Gasteiger partial charge on any atom is 0.272 e. The van der Waals surface area contributed by atoms with Gasteiger partial charge in [0.05, 0.1) is 6.54 Å². The number of carbonyl (C=O) groups is 1. The molecule has 2 aliphatic rings. The highest BCUT2D eigenvalue weighted by Crippen LogP contribution is 2.21. The fourth-order valence-corrected chi connectivity index (χ4v) is 4.11. The minimum atomic E-state index is -0.0657. The van der Waals surface area contributed by atoms with Crippen molar-refractivity contribution in [1.29, 1.82) is 0 Å². The smallest absolute Gasteiger partial charge is 0.272 e. The second-order valence-electron chi connectivity index (χ2n) is 7.70. The minimum absolute atomic E-state index is 0.0657.